The lowest BCUT2D eigenvalue weighted by Crippen LogP contribution is -2.08. The monoisotopic (exact) mass is 301 g/mol. The Bertz CT molecular complexity index is 777. The molecule has 0 aliphatic rings. The molecule has 0 spiro atoms. The first kappa shape index (κ1) is 15.0. The summed E-state index contributed by atoms with van der Waals surface area (Å²) in [5.74, 6) is -0.343. The molecule has 0 saturated heterocycles. The second kappa shape index (κ2) is 5.93. The Hall–Kier alpha value is -2.40. The number of aryl methyl sites for hydroxylation is 1. The first-order chi connectivity index (χ1) is 9.95. The molecule has 0 fully saturated rings. The van der Waals surface area contributed by atoms with E-state index >= 15 is 0 Å². The van der Waals surface area contributed by atoms with E-state index in [2.05, 4.69) is 11.9 Å². The molecule has 2 aromatic rings. The number of sulfone groups is 1. The minimum Gasteiger partial charge on any atom is -0.323 e. The van der Waals surface area contributed by atoms with Gasteiger partial charge in [-0.25, -0.2) is 8.42 Å². The van der Waals surface area contributed by atoms with E-state index in [1.807, 2.05) is 0 Å². The molecule has 0 radical (unpaired) electrons. The molecule has 2 aromatic carbocycles. The van der Waals surface area contributed by atoms with Crippen LogP contribution in [0.15, 0.2) is 71.0 Å². The van der Waals surface area contributed by atoms with Crippen molar-refractivity contribution in [1.29, 1.82) is 0 Å². The fourth-order valence-corrected chi connectivity index (χ4v) is 3.39. The van der Waals surface area contributed by atoms with Gasteiger partial charge < -0.3 is 5.32 Å². The molecule has 0 aromatic heterocycles. The fraction of sp³-hybridized carbons (Fsp3) is 0.0625. The highest BCUT2D eigenvalue weighted by Gasteiger charge is 2.19. The third-order valence-electron chi connectivity index (χ3n) is 3.00. The van der Waals surface area contributed by atoms with Crippen molar-refractivity contribution in [3.8, 4) is 0 Å². The summed E-state index contributed by atoms with van der Waals surface area (Å²) in [6, 6.07) is 12.9. The number of anilines is 1. The molecular formula is C16H15NO3S. The summed E-state index contributed by atoms with van der Waals surface area (Å²) in [5, 5.41) is 2.57. The number of carbonyl (C=O) groups is 1. The summed E-state index contributed by atoms with van der Waals surface area (Å²) in [6.45, 7) is 5.11. The lowest BCUT2D eigenvalue weighted by molar-refractivity contribution is -0.111. The average molecular weight is 301 g/mol. The van der Waals surface area contributed by atoms with Crippen molar-refractivity contribution in [2.45, 2.75) is 16.7 Å². The molecule has 1 N–H and O–H groups in total. The SMILES string of the molecule is C=CC(=O)Nc1ccc(S(=O)(=O)c2ccccc2C)cc1. The number of hydrogen-bond donors (Lipinski definition) is 1. The van der Waals surface area contributed by atoms with Gasteiger partial charge in [0.05, 0.1) is 9.79 Å². The summed E-state index contributed by atoms with van der Waals surface area (Å²) >= 11 is 0. The maximum Gasteiger partial charge on any atom is 0.247 e. The van der Waals surface area contributed by atoms with Crippen LogP contribution in [-0.2, 0) is 14.6 Å². The maximum atomic E-state index is 12.5. The largest absolute Gasteiger partial charge is 0.323 e. The van der Waals surface area contributed by atoms with Crippen LogP contribution in [0.1, 0.15) is 5.56 Å². The van der Waals surface area contributed by atoms with Crippen molar-refractivity contribution in [3.05, 3.63) is 66.7 Å². The summed E-state index contributed by atoms with van der Waals surface area (Å²) in [7, 11) is -3.55. The van der Waals surface area contributed by atoms with E-state index in [-0.39, 0.29) is 15.7 Å². The Kier molecular flexibility index (Phi) is 4.23. The van der Waals surface area contributed by atoms with Gasteiger partial charge in [-0.1, -0.05) is 24.8 Å². The van der Waals surface area contributed by atoms with Gasteiger partial charge in [-0.2, -0.15) is 0 Å². The fourth-order valence-electron chi connectivity index (χ4n) is 1.90. The summed E-state index contributed by atoms with van der Waals surface area (Å²) in [4.78, 5) is 11.7. The zero-order valence-electron chi connectivity index (χ0n) is 11.5. The van der Waals surface area contributed by atoms with Crippen LogP contribution < -0.4 is 5.32 Å². The Morgan fingerprint density at radius 1 is 1.10 bits per heavy atom. The van der Waals surface area contributed by atoms with Crippen LogP contribution in [0.2, 0.25) is 0 Å². The van der Waals surface area contributed by atoms with Gasteiger partial charge in [0.15, 0.2) is 0 Å². The Morgan fingerprint density at radius 2 is 1.71 bits per heavy atom. The average Bonchev–Trinajstić information content (AvgIpc) is 2.48. The Balaban J connectivity index is 2.36. The number of amides is 1. The van der Waals surface area contributed by atoms with Crippen LogP contribution in [-0.4, -0.2) is 14.3 Å². The van der Waals surface area contributed by atoms with Crippen LogP contribution in [0.4, 0.5) is 5.69 Å². The van der Waals surface area contributed by atoms with Gasteiger partial charge in [0.2, 0.25) is 15.7 Å². The summed E-state index contributed by atoms with van der Waals surface area (Å²) in [5.41, 5.74) is 1.21. The van der Waals surface area contributed by atoms with Crippen LogP contribution >= 0.6 is 0 Å². The molecule has 0 atom stereocenters. The van der Waals surface area contributed by atoms with Crippen LogP contribution in [0.25, 0.3) is 0 Å². The van der Waals surface area contributed by atoms with Gasteiger partial charge >= 0.3 is 0 Å². The summed E-state index contributed by atoms with van der Waals surface area (Å²) < 4.78 is 25.1. The molecule has 5 heteroatoms. The van der Waals surface area contributed by atoms with Gasteiger partial charge in [-0.05, 0) is 48.9 Å². The van der Waals surface area contributed by atoms with Gasteiger partial charge in [0.1, 0.15) is 0 Å². The number of benzene rings is 2. The van der Waals surface area contributed by atoms with Crippen LogP contribution in [0, 0.1) is 6.92 Å². The van der Waals surface area contributed by atoms with E-state index in [9.17, 15) is 13.2 Å². The molecule has 0 aliphatic heterocycles. The molecule has 0 saturated carbocycles. The van der Waals surface area contributed by atoms with Crippen LogP contribution in [0.3, 0.4) is 0 Å². The lowest BCUT2D eigenvalue weighted by atomic mass is 10.2. The minimum absolute atomic E-state index is 0.188. The standard InChI is InChI=1S/C16H15NO3S/c1-3-16(18)17-13-8-10-14(11-9-13)21(19,20)15-7-5-4-6-12(15)2/h3-11H,1H2,2H3,(H,17,18). The van der Waals surface area contributed by atoms with Crippen molar-refractivity contribution in [1.82, 2.24) is 0 Å². The van der Waals surface area contributed by atoms with Gasteiger partial charge in [0.25, 0.3) is 0 Å². The Morgan fingerprint density at radius 3 is 2.29 bits per heavy atom. The molecule has 2 rings (SSSR count). The number of rotatable bonds is 4. The third-order valence-corrected chi connectivity index (χ3v) is 4.93. The van der Waals surface area contributed by atoms with Gasteiger partial charge in [-0.3, -0.25) is 4.79 Å². The van der Waals surface area contributed by atoms with E-state index in [4.69, 9.17) is 0 Å². The number of hydrogen-bond acceptors (Lipinski definition) is 3. The van der Waals surface area contributed by atoms with Crippen molar-refractivity contribution >= 4 is 21.4 Å². The van der Waals surface area contributed by atoms with E-state index in [1.165, 1.54) is 12.1 Å². The van der Waals surface area contributed by atoms with E-state index in [0.717, 1.165) is 6.08 Å². The zero-order chi connectivity index (χ0) is 15.5. The van der Waals surface area contributed by atoms with Crippen molar-refractivity contribution in [2.24, 2.45) is 0 Å². The summed E-state index contributed by atoms with van der Waals surface area (Å²) in [6.07, 6.45) is 1.15. The minimum atomic E-state index is -3.55. The van der Waals surface area contributed by atoms with Crippen molar-refractivity contribution in [3.63, 3.8) is 0 Å². The molecule has 0 heterocycles. The molecule has 21 heavy (non-hydrogen) atoms. The molecule has 1 amide bonds. The van der Waals surface area contributed by atoms with E-state index in [0.29, 0.717) is 11.3 Å². The van der Waals surface area contributed by atoms with Crippen molar-refractivity contribution in [2.75, 3.05) is 5.32 Å². The third kappa shape index (κ3) is 3.20. The van der Waals surface area contributed by atoms with Gasteiger partial charge in [-0.15, -0.1) is 0 Å². The lowest BCUT2D eigenvalue weighted by Gasteiger charge is -2.08. The topological polar surface area (TPSA) is 63.2 Å². The van der Waals surface area contributed by atoms with E-state index < -0.39 is 9.84 Å². The molecule has 4 nitrogen and oxygen atoms in total. The predicted octanol–water partition coefficient (Wildman–Crippen LogP) is 2.95. The first-order valence-electron chi connectivity index (χ1n) is 6.29. The quantitative estimate of drug-likeness (QED) is 0.883. The zero-order valence-corrected chi connectivity index (χ0v) is 12.4. The molecular weight excluding hydrogens is 286 g/mol. The molecule has 0 unspecified atom stereocenters. The normalized spacial score (nSPS) is 10.9. The highest BCUT2D eigenvalue weighted by molar-refractivity contribution is 7.91. The first-order valence-corrected chi connectivity index (χ1v) is 7.77. The molecule has 108 valence electrons. The highest BCUT2D eigenvalue weighted by Crippen LogP contribution is 2.24. The second-order valence-corrected chi connectivity index (χ2v) is 6.40. The predicted molar refractivity (Wildman–Crippen MR) is 81.9 cm³/mol. The maximum absolute atomic E-state index is 12.5. The molecule has 0 bridgehead atoms. The van der Waals surface area contributed by atoms with Gasteiger partial charge in [0, 0.05) is 5.69 Å². The molecule has 0 aliphatic carbocycles. The number of nitrogens with one attached hydrogen (secondary N) is 1. The smallest absolute Gasteiger partial charge is 0.247 e. The Labute approximate surface area is 124 Å². The van der Waals surface area contributed by atoms with Crippen LogP contribution in [0.5, 0.6) is 0 Å². The highest BCUT2D eigenvalue weighted by atomic mass is 32.2. The van der Waals surface area contributed by atoms with E-state index in [1.54, 1.807) is 43.3 Å². The number of carbonyl (C=O) groups excluding carboxylic acids is 1. The van der Waals surface area contributed by atoms with Crippen molar-refractivity contribution < 1.29 is 13.2 Å². The second-order valence-electron chi connectivity index (χ2n) is 4.49.